The Kier molecular flexibility index (Phi) is 1.93. The number of rotatable bonds is 1. The number of halogens is 1. The topological polar surface area (TPSA) is 0 Å². The van der Waals surface area contributed by atoms with Crippen LogP contribution in [0.2, 0.25) is 0 Å². The van der Waals surface area contributed by atoms with E-state index in [1.165, 1.54) is 0 Å². The van der Waals surface area contributed by atoms with Gasteiger partial charge in [0.05, 0.1) is 0 Å². The summed E-state index contributed by atoms with van der Waals surface area (Å²) < 4.78 is 0. The lowest BCUT2D eigenvalue weighted by molar-refractivity contribution is 1.40. The van der Waals surface area contributed by atoms with Gasteiger partial charge in [-0.05, 0) is 35.9 Å². The van der Waals surface area contributed by atoms with Crippen LogP contribution in [0.25, 0.3) is 0 Å². The van der Waals surface area contributed by atoms with Crippen LogP contribution in [0.15, 0.2) is 18.2 Å². The van der Waals surface area contributed by atoms with E-state index in [4.69, 9.17) is 11.6 Å². The molecule has 1 heteroatoms. The monoisotopic (exact) mass is 124 g/mol. The van der Waals surface area contributed by atoms with Gasteiger partial charge in [0.15, 0.2) is 0 Å². The molecule has 0 amide bonds. The van der Waals surface area contributed by atoms with Crippen LogP contribution in [0.3, 0.4) is 0 Å². The highest BCUT2D eigenvalue weighted by Crippen LogP contribution is 1.99. The summed E-state index contributed by atoms with van der Waals surface area (Å²) in [6.07, 6.45) is 0. The summed E-state index contributed by atoms with van der Waals surface area (Å²) in [6, 6.07) is 11.2. The molecule has 0 atom stereocenters. The maximum absolute atomic E-state index is 5.49. The quantitative estimate of drug-likeness (QED) is 0.503. The fourth-order valence-corrected chi connectivity index (χ4v) is 0.619. The van der Waals surface area contributed by atoms with E-state index >= 15 is 0 Å². The second-order valence-electron chi connectivity index (χ2n) is 1.47. The summed E-state index contributed by atoms with van der Waals surface area (Å²) >= 11 is 5.49. The highest BCUT2D eigenvalue weighted by atomic mass is 35.5. The van der Waals surface area contributed by atoms with E-state index in [0.717, 1.165) is 5.56 Å². The van der Waals surface area contributed by atoms with Gasteiger partial charge in [0, 0.05) is 5.88 Å². The lowest BCUT2D eigenvalue weighted by Gasteiger charge is -1.87. The minimum atomic E-state index is 0.549. The molecule has 0 fully saturated rings. The Morgan fingerprint density at radius 2 is 2.00 bits per heavy atom. The van der Waals surface area contributed by atoms with Crippen molar-refractivity contribution in [1.29, 1.82) is 0 Å². The summed E-state index contributed by atoms with van der Waals surface area (Å²) in [5, 5.41) is 0. The molecule has 0 aliphatic rings. The zero-order chi connectivity index (χ0) is 5.82. The number of hydrogen-bond acceptors (Lipinski definition) is 0. The highest BCUT2D eigenvalue weighted by molar-refractivity contribution is 6.17. The molecule has 0 aromatic heterocycles. The maximum Gasteiger partial charge on any atom is 0.0474 e. The Bertz CT molecular complexity index is 146. The van der Waals surface area contributed by atoms with Gasteiger partial charge in [-0.25, -0.2) is 0 Å². The highest BCUT2D eigenvalue weighted by Gasteiger charge is 1.82. The van der Waals surface area contributed by atoms with Crippen LogP contribution in [0, 0.1) is 12.1 Å². The fourth-order valence-electron chi connectivity index (χ4n) is 0.464. The van der Waals surface area contributed by atoms with Crippen LogP contribution in [0.1, 0.15) is 5.56 Å². The second kappa shape index (κ2) is 2.73. The van der Waals surface area contributed by atoms with Gasteiger partial charge in [-0.15, -0.1) is 11.6 Å². The van der Waals surface area contributed by atoms with Crippen molar-refractivity contribution in [3.8, 4) is 0 Å². The van der Waals surface area contributed by atoms with Crippen LogP contribution >= 0.6 is 11.6 Å². The zero-order valence-corrected chi connectivity index (χ0v) is 5.07. The van der Waals surface area contributed by atoms with Crippen LogP contribution in [-0.2, 0) is 5.88 Å². The van der Waals surface area contributed by atoms with Gasteiger partial charge < -0.3 is 0 Å². The molecule has 0 bridgehead atoms. The van der Waals surface area contributed by atoms with Gasteiger partial charge in [-0.1, -0.05) is 0 Å². The molecule has 1 rings (SSSR count). The van der Waals surface area contributed by atoms with Crippen LogP contribution in [-0.4, -0.2) is 0 Å². The minimum absolute atomic E-state index is 0.549. The molecule has 0 N–H and O–H groups in total. The smallest absolute Gasteiger partial charge is 0.0474 e. The Labute approximate surface area is 54.1 Å². The van der Waals surface area contributed by atoms with Gasteiger partial charge in [-0.3, -0.25) is 0 Å². The summed E-state index contributed by atoms with van der Waals surface area (Å²) in [4.78, 5) is 0. The number of alkyl halides is 1. The maximum atomic E-state index is 5.49. The first-order valence-corrected chi connectivity index (χ1v) is 2.89. The molecule has 40 valence electrons. The largest absolute Gasteiger partial charge is 0.122 e. The van der Waals surface area contributed by atoms with E-state index in [-0.39, 0.29) is 0 Å². The van der Waals surface area contributed by atoms with E-state index in [0.29, 0.717) is 5.88 Å². The molecule has 2 radical (unpaired) electrons. The third-order valence-corrected chi connectivity index (χ3v) is 1.17. The van der Waals surface area contributed by atoms with E-state index in [2.05, 4.69) is 12.1 Å². The van der Waals surface area contributed by atoms with Gasteiger partial charge in [0.25, 0.3) is 0 Å². The molecule has 0 saturated carbocycles. The van der Waals surface area contributed by atoms with Crippen molar-refractivity contribution in [1.82, 2.24) is 0 Å². The Morgan fingerprint density at radius 1 is 1.38 bits per heavy atom. The Morgan fingerprint density at radius 3 is 2.38 bits per heavy atom. The molecule has 0 spiro atoms. The molecular formula is C7H5Cl. The predicted molar refractivity (Wildman–Crippen MR) is 33.7 cm³/mol. The van der Waals surface area contributed by atoms with Crippen molar-refractivity contribution in [2.45, 2.75) is 5.88 Å². The molecule has 8 heavy (non-hydrogen) atoms. The van der Waals surface area contributed by atoms with E-state index in [1.54, 1.807) is 6.07 Å². The van der Waals surface area contributed by atoms with Crippen LogP contribution in [0.5, 0.6) is 0 Å². The third kappa shape index (κ3) is 1.24. The van der Waals surface area contributed by atoms with Gasteiger partial charge in [-0.2, -0.15) is 0 Å². The fraction of sp³-hybridized carbons (Fsp3) is 0.143. The molecule has 0 nitrogen and oxygen atoms in total. The first kappa shape index (κ1) is 5.64. The lowest BCUT2D eigenvalue weighted by Crippen LogP contribution is -1.72. The minimum Gasteiger partial charge on any atom is -0.122 e. The van der Waals surface area contributed by atoms with Gasteiger partial charge in [0.2, 0.25) is 0 Å². The molecule has 0 aliphatic carbocycles. The van der Waals surface area contributed by atoms with Crippen molar-refractivity contribution in [3.63, 3.8) is 0 Å². The molecule has 0 aliphatic heterocycles. The molecular weight excluding hydrogens is 120 g/mol. The standard InChI is InChI=1S/C7H5Cl/c8-6-7-4-2-1-3-5-7/h1,4-5H,6H2. The number of benzene rings is 1. The second-order valence-corrected chi connectivity index (χ2v) is 1.74. The molecule has 0 saturated heterocycles. The van der Waals surface area contributed by atoms with Gasteiger partial charge in [0.1, 0.15) is 0 Å². The summed E-state index contributed by atoms with van der Waals surface area (Å²) in [7, 11) is 0. The summed E-state index contributed by atoms with van der Waals surface area (Å²) in [5.74, 6) is 0.549. The third-order valence-electron chi connectivity index (χ3n) is 0.858. The van der Waals surface area contributed by atoms with Crippen molar-refractivity contribution < 1.29 is 0 Å². The van der Waals surface area contributed by atoms with Crippen molar-refractivity contribution in [2.24, 2.45) is 0 Å². The first-order valence-electron chi connectivity index (χ1n) is 2.35. The van der Waals surface area contributed by atoms with Crippen molar-refractivity contribution >= 4 is 11.6 Å². The lowest BCUT2D eigenvalue weighted by atomic mass is 10.2. The molecule has 0 unspecified atom stereocenters. The van der Waals surface area contributed by atoms with Crippen LogP contribution in [0.4, 0.5) is 0 Å². The Balaban J connectivity index is 2.83. The Hall–Kier alpha value is -0.490. The SMILES string of the molecule is ClCc1c[c]c[c]c1. The van der Waals surface area contributed by atoms with Crippen molar-refractivity contribution in [3.05, 3.63) is 35.9 Å². The van der Waals surface area contributed by atoms with Crippen molar-refractivity contribution in [2.75, 3.05) is 0 Å². The first-order chi connectivity index (χ1) is 3.93. The number of hydrogen-bond donors (Lipinski definition) is 0. The molecule has 1 aromatic carbocycles. The average molecular weight is 125 g/mol. The van der Waals surface area contributed by atoms with E-state index in [1.807, 2.05) is 12.1 Å². The average Bonchev–Trinajstić information content (AvgIpc) is 1.90. The predicted octanol–water partition coefficient (Wildman–Crippen LogP) is 2.03. The van der Waals surface area contributed by atoms with Crippen LogP contribution < -0.4 is 0 Å². The molecule has 0 heterocycles. The normalized spacial score (nSPS) is 9.12. The molecule has 1 aromatic rings. The summed E-state index contributed by atoms with van der Waals surface area (Å²) in [5.41, 5.74) is 1.06. The van der Waals surface area contributed by atoms with E-state index in [9.17, 15) is 0 Å². The van der Waals surface area contributed by atoms with Gasteiger partial charge >= 0.3 is 0 Å². The zero-order valence-electron chi connectivity index (χ0n) is 4.32. The van der Waals surface area contributed by atoms with E-state index < -0.39 is 0 Å². The summed E-state index contributed by atoms with van der Waals surface area (Å²) in [6.45, 7) is 0.